The molecule has 0 unspecified atom stereocenters. The lowest BCUT2D eigenvalue weighted by Gasteiger charge is -2.34. The van der Waals surface area contributed by atoms with Crippen LogP contribution in [0.5, 0.6) is 0 Å². The highest BCUT2D eigenvalue weighted by Gasteiger charge is 2.28. The van der Waals surface area contributed by atoms with Gasteiger partial charge in [0, 0.05) is 29.2 Å². The highest BCUT2D eigenvalue weighted by Crippen LogP contribution is 2.20. The highest BCUT2D eigenvalue weighted by atomic mass is 16.1. The van der Waals surface area contributed by atoms with Crippen LogP contribution < -0.4 is 11.1 Å². The first kappa shape index (κ1) is 11.3. The monoisotopic (exact) mass is 243 g/mol. The second-order valence-corrected chi connectivity index (χ2v) is 4.95. The van der Waals surface area contributed by atoms with Crippen molar-refractivity contribution in [3.8, 4) is 0 Å². The summed E-state index contributed by atoms with van der Waals surface area (Å²) < 4.78 is 0. The summed E-state index contributed by atoms with van der Waals surface area (Å²) in [6.07, 6.45) is 4.33. The third kappa shape index (κ3) is 1.99. The maximum Gasteiger partial charge on any atom is 0.224 e. The summed E-state index contributed by atoms with van der Waals surface area (Å²) in [5.74, 6) is 0.0555. The number of amides is 1. The lowest BCUT2D eigenvalue weighted by Crippen LogP contribution is -2.54. The Kier molecular flexibility index (Phi) is 2.80. The van der Waals surface area contributed by atoms with Crippen molar-refractivity contribution in [2.24, 2.45) is 5.73 Å². The van der Waals surface area contributed by atoms with Crippen molar-refractivity contribution < 1.29 is 4.79 Å². The Morgan fingerprint density at radius 2 is 2.22 bits per heavy atom. The number of aromatic nitrogens is 1. The molecule has 0 bridgehead atoms. The maximum absolute atomic E-state index is 11.9. The summed E-state index contributed by atoms with van der Waals surface area (Å²) in [7, 11) is 0. The van der Waals surface area contributed by atoms with Gasteiger partial charge in [0.1, 0.15) is 0 Å². The average molecular weight is 243 g/mol. The van der Waals surface area contributed by atoms with E-state index in [-0.39, 0.29) is 18.0 Å². The highest BCUT2D eigenvalue weighted by molar-refractivity contribution is 5.88. The van der Waals surface area contributed by atoms with E-state index in [1.165, 1.54) is 0 Å². The SMILES string of the molecule is N[C@@H]1CC[C@@H]1NC(=O)Cc1c[nH]c2ccccc12. The zero-order valence-electron chi connectivity index (χ0n) is 10.1. The first-order valence-electron chi connectivity index (χ1n) is 6.34. The molecule has 2 aromatic rings. The van der Waals surface area contributed by atoms with Gasteiger partial charge in [-0.3, -0.25) is 4.79 Å². The van der Waals surface area contributed by atoms with E-state index in [2.05, 4.69) is 10.3 Å². The van der Waals surface area contributed by atoms with Crippen molar-refractivity contribution in [1.29, 1.82) is 0 Å². The number of benzene rings is 1. The molecule has 1 aromatic carbocycles. The number of rotatable bonds is 3. The van der Waals surface area contributed by atoms with Crippen LogP contribution in [-0.2, 0) is 11.2 Å². The Morgan fingerprint density at radius 1 is 1.39 bits per heavy atom. The summed E-state index contributed by atoms with van der Waals surface area (Å²) in [4.78, 5) is 15.1. The van der Waals surface area contributed by atoms with Crippen molar-refractivity contribution in [2.45, 2.75) is 31.3 Å². The Bertz CT molecular complexity index is 575. The molecule has 0 saturated heterocycles. The molecular weight excluding hydrogens is 226 g/mol. The molecular formula is C14H17N3O. The zero-order chi connectivity index (χ0) is 12.5. The normalized spacial score (nSPS) is 22.7. The minimum Gasteiger partial charge on any atom is -0.361 e. The van der Waals surface area contributed by atoms with Gasteiger partial charge in [-0.25, -0.2) is 0 Å². The zero-order valence-corrected chi connectivity index (χ0v) is 10.1. The number of aromatic amines is 1. The van der Waals surface area contributed by atoms with Crippen molar-refractivity contribution in [1.82, 2.24) is 10.3 Å². The van der Waals surface area contributed by atoms with Gasteiger partial charge in [0.2, 0.25) is 5.91 Å². The van der Waals surface area contributed by atoms with Crippen LogP contribution in [0.15, 0.2) is 30.5 Å². The molecule has 18 heavy (non-hydrogen) atoms. The van der Waals surface area contributed by atoms with Crippen LogP contribution in [0, 0.1) is 0 Å². The van der Waals surface area contributed by atoms with E-state index in [4.69, 9.17) is 5.73 Å². The molecule has 4 nitrogen and oxygen atoms in total. The van der Waals surface area contributed by atoms with E-state index in [0.29, 0.717) is 6.42 Å². The molecule has 94 valence electrons. The van der Waals surface area contributed by atoms with Crippen molar-refractivity contribution in [3.63, 3.8) is 0 Å². The average Bonchev–Trinajstić information content (AvgIpc) is 2.78. The molecule has 1 heterocycles. The van der Waals surface area contributed by atoms with Crippen molar-refractivity contribution in [3.05, 3.63) is 36.0 Å². The van der Waals surface area contributed by atoms with Crippen LogP contribution in [0.1, 0.15) is 18.4 Å². The number of hydrogen-bond donors (Lipinski definition) is 3. The van der Waals surface area contributed by atoms with E-state index >= 15 is 0 Å². The summed E-state index contributed by atoms with van der Waals surface area (Å²) in [5, 5.41) is 4.11. The topological polar surface area (TPSA) is 70.9 Å². The van der Waals surface area contributed by atoms with Crippen LogP contribution >= 0.6 is 0 Å². The number of carbonyl (C=O) groups is 1. The van der Waals surface area contributed by atoms with Gasteiger partial charge in [0.25, 0.3) is 0 Å². The molecule has 4 N–H and O–H groups in total. The summed E-state index contributed by atoms with van der Waals surface area (Å²) in [5.41, 5.74) is 7.92. The molecule has 1 fully saturated rings. The smallest absolute Gasteiger partial charge is 0.224 e. The molecule has 1 aromatic heterocycles. The third-order valence-electron chi connectivity index (χ3n) is 3.70. The van der Waals surface area contributed by atoms with E-state index in [1.54, 1.807) is 0 Å². The first-order valence-corrected chi connectivity index (χ1v) is 6.34. The van der Waals surface area contributed by atoms with Gasteiger partial charge in [-0.1, -0.05) is 18.2 Å². The fraction of sp³-hybridized carbons (Fsp3) is 0.357. The van der Waals surface area contributed by atoms with Gasteiger partial charge in [-0.15, -0.1) is 0 Å². The van der Waals surface area contributed by atoms with Gasteiger partial charge in [0.15, 0.2) is 0 Å². The van der Waals surface area contributed by atoms with Gasteiger partial charge in [-0.05, 0) is 24.5 Å². The molecule has 0 radical (unpaired) electrons. The summed E-state index contributed by atoms with van der Waals surface area (Å²) in [6, 6.07) is 8.32. The standard InChI is InChI=1S/C14H17N3O/c15-11-5-6-13(11)17-14(18)7-9-8-16-12-4-2-1-3-10(9)12/h1-4,8,11,13,16H,5-7,15H2,(H,17,18)/t11-,13+/m1/s1. The number of H-pyrrole nitrogens is 1. The fourth-order valence-corrected chi connectivity index (χ4v) is 2.41. The van der Waals surface area contributed by atoms with Gasteiger partial charge in [-0.2, -0.15) is 0 Å². The van der Waals surface area contributed by atoms with E-state index in [0.717, 1.165) is 29.3 Å². The third-order valence-corrected chi connectivity index (χ3v) is 3.70. The van der Waals surface area contributed by atoms with Gasteiger partial charge >= 0.3 is 0 Å². The van der Waals surface area contributed by atoms with E-state index in [1.807, 2.05) is 30.5 Å². The molecule has 1 aliphatic carbocycles. The summed E-state index contributed by atoms with van der Waals surface area (Å²) >= 11 is 0. The largest absolute Gasteiger partial charge is 0.361 e. The number of nitrogens with two attached hydrogens (primary N) is 1. The van der Waals surface area contributed by atoms with Crippen LogP contribution in [0.25, 0.3) is 10.9 Å². The van der Waals surface area contributed by atoms with Gasteiger partial charge in [0.05, 0.1) is 6.42 Å². The Morgan fingerprint density at radius 3 is 2.94 bits per heavy atom. The Balaban J connectivity index is 1.70. The molecule has 1 amide bonds. The molecule has 4 heteroatoms. The Labute approximate surface area is 106 Å². The number of hydrogen-bond acceptors (Lipinski definition) is 2. The molecule has 1 aliphatic rings. The summed E-state index contributed by atoms with van der Waals surface area (Å²) in [6.45, 7) is 0. The fourth-order valence-electron chi connectivity index (χ4n) is 2.41. The van der Waals surface area contributed by atoms with E-state index < -0.39 is 0 Å². The first-order chi connectivity index (χ1) is 8.74. The minimum atomic E-state index is 0.0555. The lowest BCUT2D eigenvalue weighted by atomic mass is 9.87. The second-order valence-electron chi connectivity index (χ2n) is 4.95. The predicted molar refractivity (Wildman–Crippen MR) is 71.1 cm³/mol. The molecule has 2 atom stereocenters. The van der Waals surface area contributed by atoms with Gasteiger partial charge < -0.3 is 16.0 Å². The Hall–Kier alpha value is -1.81. The van der Waals surface area contributed by atoms with E-state index in [9.17, 15) is 4.79 Å². The van der Waals surface area contributed by atoms with Crippen LogP contribution in [0.2, 0.25) is 0 Å². The van der Waals surface area contributed by atoms with Crippen LogP contribution in [0.3, 0.4) is 0 Å². The van der Waals surface area contributed by atoms with Crippen LogP contribution in [-0.4, -0.2) is 23.0 Å². The molecule has 1 saturated carbocycles. The molecule has 0 spiro atoms. The predicted octanol–water partition coefficient (Wildman–Crippen LogP) is 1.32. The lowest BCUT2D eigenvalue weighted by molar-refractivity contribution is -0.121. The molecule has 3 rings (SSSR count). The number of para-hydroxylation sites is 1. The quantitative estimate of drug-likeness (QED) is 0.760. The number of fused-ring (bicyclic) bond motifs is 1. The maximum atomic E-state index is 11.9. The molecule has 0 aliphatic heterocycles. The van der Waals surface area contributed by atoms with Crippen molar-refractivity contribution in [2.75, 3.05) is 0 Å². The number of carbonyl (C=O) groups excluding carboxylic acids is 1. The number of nitrogens with one attached hydrogen (secondary N) is 2. The minimum absolute atomic E-state index is 0.0555. The second kappa shape index (κ2) is 4.46. The van der Waals surface area contributed by atoms with Crippen molar-refractivity contribution >= 4 is 16.8 Å². The van der Waals surface area contributed by atoms with Crippen LogP contribution in [0.4, 0.5) is 0 Å².